The third kappa shape index (κ3) is 17.0. The first-order valence-corrected chi connectivity index (χ1v) is 6.93. The number of nitrogens with two attached hydrogens (primary N) is 1. The quantitative estimate of drug-likeness (QED) is 0.399. The number of rotatable bonds is 12. The largest absolute Gasteiger partial charge is 0.444 e. The van der Waals surface area contributed by atoms with Crippen molar-refractivity contribution < 1.29 is 28.5 Å². The van der Waals surface area contributed by atoms with Crippen LogP contribution >= 0.6 is 0 Å². The second kappa shape index (κ2) is 12.8. The highest BCUT2D eigenvalue weighted by molar-refractivity contribution is 5.67. The molecule has 0 aliphatic carbocycles. The lowest BCUT2D eigenvalue weighted by Crippen LogP contribution is -2.34. The fourth-order valence-corrected chi connectivity index (χ4v) is 1.14. The van der Waals surface area contributed by atoms with Gasteiger partial charge < -0.3 is 29.4 Å². The van der Waals surface area contributed by atoms with E-state index in [1.807, 2.05) is 0 Å². The highest BCUT2D eigenvalue weighted by atomic mass is 16.6. The lowest BCUT2D eigenvalue weighted by atomic mass is 10.2. The number of ether oxygens (including phenoxy) is 5. The second-order valence-corrected chi connectivity index (χ2v) is 5.03. The van der Waals surface area contributed by atoms with Gasteiger partial charge in [0.2, 0.25) is 0 Å². The fraction of sp³-hybridized carbons (Fsp3) is 0.923. The van der Waals surface area contributed by atoms with E-state index in [-0.39, 0.29) is 13.5 Å². The van der Waals surface area contributed by atoms with Gasteiger partial charge in [-0.3, -0.25) is 5.32 Å². The Hall–Kier alpha value is -0.930. The standard InChI is InChI=1S/C13H28N2O6/c1-13(2,3)21-12(16)15-11-20-9-7-18-5-4-17-6-8-19-10-14/h4-11,14H2,1-3H3,(H,15,16). The normalized spacial score (nSPS) is 11.4. The molecule has 0 rings (SSSR count). The van der Waals surface area contributed by atoms with Gasteiger partial charge in [0.15, 0.2) is 0 Å². The summed E-state index contributed by atoms with van der Waals surface area (Å²) < 4.78 is 25.6. The smallest absolute Gasteiger partial charge is 0.409 e. The van der Waals surface area contributed by atoms with Crippen molar-refractivity contribution in [2.45, 2.75) is 26.4 Å². The zero-order valence-electron chi connectivity index (χ0n) is 13.2. The van der Waals surface area contributed by atoms with Crippen molar-refractivity contribution in [3.05, 3.63) is 0 Å². The fourth-order valence-electron chi connectivity index (χ4n) is 1.14. The third-order valence-corrected chi connectivity index (χ3v) is 1.95. The van der Waals surface area contributed by atoms with Crippen LogP contribution in [0.3, 0.4) is 0 Å². The summed E-state index contributed by atoms with van der Waals surface area (Å²) in [5.74, 6) is 0. The zero-order valence-corrected chi connectivity index (χ0v) is 13.2. The Labute approximate surface area is 126 Å². The molecule has 0 unspecified atom stereocenters. The van der Waals surface area contributed by atoms with Gasteiger partial charge in [-0.05, 0) is 20.8 Å². The first-order valence-electron chi connectivity index (χ1n) is 6.93. The van der Waals surface area contributed by atoms with E-state index in [9.17, 15) is 4.79 Å². The van der Waals surface area contributed by atoms with Crippen molar-refractivity contribution >= 4 is 6.09 Å². The topological polar surface area (TPSA) is 101 Å². The van der Waals surface area contributed by atoms with Gasteiger partial charge in [-0.15, -0.1) is 0 Å². The van der Waals surface area contributed by atoms with Crippen molar-refractivity contribution in [1.82, 2.24) is 5.32 Å². The number of carbonyl (C=O) groups is 1. The van der Waals surface area contributed by atoms with Crippen LogP contribution in [0.2, 0.25) is 0 Å². The number of alkyl carbamates (subject to hydrolysis) is 1. The molecule has 126 valence electrons. The van der Waals surface area contributed by atoms with Crippen LogP contribution in [0.4, 0.5) is 4.79 Å². The molecule has 0 atom stereocenters. The molecule has 0 aromatic rings. The average molecular weight is 308 g/mol. The minimum Gasteiger partial charge on any atom is -0.444 e. The predicted octanol–water partition coefficient (Wildman–Crippen LogP) is 0.451. The van der Waals surface area contributed by atoms with Gasteiger partial charge in [0.25, 0.3) is 0 Å². The molecule has 8 nitrogen and oxygen atoms in total. The molecule has 0 spiro atoms. The summed E-state index contributed by atoms with van der Waals surface area (Å²) in [6.45, 7) is 8.44. The number of amides is 1. The van der Waals surface area contributed by atoms with Crippen LogP contribution in [0.15, 0.2) is 0 Å². The van der Waals surface area contributed by atoms with Crippen LogP contribution in [-0.2, 0) is 23.7 Å². The summed E-state index contributed by atoms with van der Waals surface area (Å²) in [6, 6.07) is 0. The maximum absolute atomic E-state index is 11.3. The first-order chi connectivity index (χ1) is 9.95. The van der Waals surface area contributed by atoms with Crippen molar-refractivity contribution in [3.8, 4) is 0 Å². The molecule has 0 heterocycles. The van der Waals surface area contributed by atoms with Crippen LogP contribution in [-0.4, -0.2) is 64.8 Å². The Morgan fingerprint density at radius 3 is 1.86 bits per heavy atom. The van der Waals surface area contributed by atoms with Gasteiger partial charge in [0.1, 0.15) is 12.3 Å². The Morgan fingerprint density at radius 1 is 0.905 bits per heavy atom. The van der Waals surface area contributed by atoms with Crippen molar-refractivity contribution in [2.24, 2.45) is 5.73 Å². The molecular weight excluding hydrogens is 280 g/mol. The highest BCUT2D eigenvalue weighted by Gasteiger charge is 2.15. The van der Waals surface area contributed by atoms with E-state index in [1.54, 1.807) is 20.8 Å². The van der Waals surface area contributed by atoms with Crippen LogP contribution in [0.1, 0.15) is 20.8 Å². The molecule has 0 aromatic carbocycles. The summed E-state index contributed by atoms with van der Waals surface area (Å²) in [5.41, 5.74) is 4.64. The molecule has 0 saturated carbocycles. The summed E-state index contributed by atoms with van der Waals surface area (Å²) in [5, 5.41) is 2.48. The van der Waals surface area contributed by atoms with Gasteiger partial charge in [-0.1, -0.05) is 0 Å². The van der Waals surface area contributed by atoms with E-state index in [2.05, 4.69) is 5.32 Å². The van der Waals surface area contributed by atoms with E-state index in [4.69, 9.17) is 29.4 Å². The average Bonchev–Trinajstić information content (AvgIpc) is 2.38. The summed E-state index contributed by atoms with van der Waals surface area (Å²) in [6.07, 6.45) is -0.503. The van der Waals surface area contributed by atoms with Gasteiger partial charge >= 0.3 is 6.09 Å². The monoisotopic (exact) mass is 308 g/mol. The molecule has 0 bridgehead atoms. The molecule has 0 radical (unpaired) electrons. The SMILES string of the molecule is CC(C)(C)OC(=O)NCOCCOCCOCCOCN. The number of nitrogens with one attached hydrogen (secondary N) is 1. The predicted molar refractivity (Wildman–Crippen MR) is 76.8 cm³/mol. The molecule has 21 heavy (non-hydrogen) atoms. The Kier molecular flexibility index (Phi) is 12.2. The lowest BCUT2D eigenvalue weighted by Gasteiger charge is -2.19. The molecule has 0 saturated heterocycles. The van der Waals surface area contributed by atoms with Crippen molar-refractivity contribution in [1.29, 1.82) is 0 Å². The van der Waals surface area contributed by atoms with Crippen LogP contribution in [0.25, 0.3) is 0 Å². The molecule has 0 fully saturated rings. The van der Waals surface area contributed by atoms with E-state index >= 15 is 0 Å². The Morgan fingerprint density at radius 2 is 1.38 bits per heavy atom. The van der Waals surface area contributed by atoms with Crippen LogP contribution in [0, 0.1) is 0 Å². The lowest BCUT2D eigenvalue weighted by molar-refractivity contribution is -0.00542. The molecule has 8 heteroatoms. The van der Waals surface area contributed by atoms with Gasteiger partial charge in [0, 0.05) is 0 Å². The summed E-state index contributed by atoms with van der Waals surface area (Å²) in [7, 11) is 0. The first kappa shape index (κ1) is 20.1. The molecule has 3 N–H and O–H groups in total. The van der Waals surface area contributed by atoms with Crippen molar-refractivity contribution in [2.75, 3.05) is 53.1 Å². The molecule has 0 aliphatic rings. The number of carbonyl (C=O) groups excluding carboxylic acids is 1. The molecule has 0 aliphatic heterocycles. The van der Waals surface area contributed by atoms with E-state index in [0.29, 0.717) is 39.6 Å². The molecule has 0 aromatic heterocycles. The Bertz CT molecular complexity index is 258. The summed E-state index contributed by atoms with van der Waals surface area (Å²) in [4.78, 5) is 11.3. The summed E-state index contributed by atoms with van der Waals surface area (Å²) >= 11 is 0. The maximum atomic E-state index is 11.3. The Balaban J connectivity index is 3.17. The van der Waals surface area contributed by atoms with Gasteiger partial charge in [-0.2, -0.15) is 0 Å². The number of hydrogen-bond acceptors (Lipinski definition) is 7. The zero-order chi connectivity index (χ0) is 16.0. The van der Waals surface area contributed by atoms with E-state index < -0.39 is 11.7 Å². The maximum Gasteiger partial charge on any atom is 0.409 e. The minimum absolute atomic E-state index is 0.0885. The van der Waals surface area contributed by atoms with Crippen LogP contribution < -0.4 is 11.1 Å². The van der Waals surface area contributed by atoms with Gasteiger partial charge in [0.05, 0.1) is 46.4 Å². The third-order valence-electron chi connectivity index (χ3n) is 1.95. The van der Waals surface area contributed by atoms with E-state index in [0.717, 1.165) is 0 Å². The second-order valence-electron chi connectivity index (χ2n) is 5.03. The molecular formula is C13H28N2O6. The minimum atomic E-state index is -0.512. The van der Waals surface area contributed by atoms with Crippen molar-refractivity contribution in [3.63, 3.8) is 0 Å². The number of hydrogen-bond donors (Lipinski definition) is 2. The highest BCUT2D eigenvalue weighted by Crippen LogP contribution is 2.05. The van der Waals surface area contributed by atoms with Gasteiger partial charge in [-0.25, -0.2) is 4.79 Å². The van der Waals surface area contributed by atoms with E-state index in [1.165, 1.54) is 0 Å². The van der Waals surface area contributed by atoms with Crippen LogP contribution in [0.5, 0.6) is 0 Å². The molecule has 1 amide bonds.